The van der Waals surface area contributed by atoms with E-state index in [0.717, 1.165) is 0 Å². The van der Waals surface area contributed by atoms with Crippen LogP contribution in [0.1, 0.15) is 15.4 Å². The number of ether oxygens (including phenoxy) is 1. The Hall–Kier alpha value is -3.26. The van der Waals surface area contributed by atoms with Crippen molar-refractivity contribution < 1.29 is 19.6 Å². The third-order valence-corrected chi connectivity index (χ3v) is 4.17. The lowest BCUT2D eigenvalue weighted by Crippen LogP contribution is -1.99. The van der Waals surface area contributed by atoms with Gasteiger partial charge < -0.3 is 9.84 Å². The molecule has 7 nitrogen and oxygen atoms in total. The number of thiazole rings is 1. The number of hydrogen-bond donors (Lipinski definition) is 1. The summed E-state index contributed by atoms with van der Waals surface area (Å²) in [5.41, 5.74) is 1.44. The van der Waals surface area contributed by atoms with Crippen molar-refractivity contribution in [1.82, 2.24) is 4.98 Å². The molecule has 8 heteroatoms. The highest BCUT2D eigenvalue weighted by Gasteiger charge is 2.11. The van der Waals surface area contributed by atoms with Gasteiger partial charge in [-0.15, -0.1) is 11.3 Å². The molecule has 0 unspecified atom stereocenters. The van der Waals surface area contributed by atoms with Crippen molar-refractivity contribution in [2.45, 2.75) is 6.61 Å². The van der Waals surface area contributed by atoms with Crippen molar-refractivity contribution in [2.24, 2.45) is 0 Å². The maximum atomic E-state index is 10.9. The van der Waals surface area contributed by atoms with Crippen LogP contribution in [0.4, 0.5) is 5.69 Å². The molecule has 0 atom stereocenters. The zero-order valence-electron chi connectivity index (χ0n) is 12.8. The highest BCUT2D eigenvalue weighted by molar-refractivity contribution is 7.09. The number of non-ortho nitro benzene ring substituents is 1. The zero-order chi connectivity index (χ0) is 17.8. The van der Waals surface area contributed by atoms with Gasteiger partial charge in [0.2, 0.25) is 0 Å². The average molecular weight is 356 g/mol. The summed E-state index contributed by atoms with van der Waals surface area (Å²) in [6.07, 6.45) is 0. The SMILES string of the molecule is O=C(O)c1cccc(OCc2nc(-c3cccc([N+](=O)[O-])c3)cs2)c1. The Labute approximate surface area is 146 Å². The molecule has 1 N–H and O–H groups in total. The van der Waals surface area contributed by atoms with Gasteiger partial charge in [-0.2, -0.15) is 0 Å². The summed E-state index contributed by atoms with van der Waals surface area (Å²) in [5.74, 6) is -0.584. The molecule has 0 amide bonds. The molecule has 25 heavy (non-hydrogen) atoms. The Morgan fingerprint density at radius 2 is 2.04 bits per heavy atom. The molecular weight excluding hydrogens is 344 g/mol. The van der Waals surface area contributed by atoms with E-state index in [1.807, 2.05) is 0 Å². The fourth-order valence-electron chi connectivity index (χ4n) is 2.15. The van der Waals surface area contributed by atoms with Gasteiger partial charge in [-0.3, -0.25) is 10.1 Å². The van der Waals surface area contributed by atoms with E-state index in [4.69, 9.17) is 9.84 Å². The third kappa shape index (κ3) is 3.99. The monoisotopic (exact) mass is 356 g/mol. The minimum atomic E-state index is -1.02. The number of benzene rings is 2. The van der Waals surface area contributed by atoms with Crippen LogP contribution in [0.15, 0.2) is 53.9 Å². The van der Waals surface area contributed by atoms with E-state index in [0.29, 0.717) is 22.0 Å². The smallest absolute Gasteiger partial charge is 0.335 e. The van der Waals surface area contributed by atoms with Gasteiger partial charge in [0, 0.05) is 23.1 Å². The molecule has 0 radical (unpaired) electrons. The van der Waals surface area contributed by atoms with E-state index in [1.54, 1.807) is 29.6 Å². The van der Waals surface area contributed by atoms with E-state index >= 15 is 0 Å². The van der Waals surface area contributed by atoms with Crippen LogP contribution in [0.5, 0.6) is 5.75 Å². The summed E-state index contributed by atoms with van der Waals surface area (Å²) in [4.78, 5) is 25.8. The fraction of sp³-hybridized carbons (Fsp3) is 0.0588. The molecule has 0 fully saturated rings. The highest BCUT2D eigenvalue weighted by atomic mass is 32.1. The lowest BCUT2D eigenvalue weighted by atomic mass is 10.1. The molecule has 3 rings (SSSR count). The number of carboxylic acids is 1. The van der Waals surface area contributed by atoms with Crippen LogP contribution in [0.25, 0.3) is 11.3 Å². The van der Waals surface area contributed by atoms with E-state index in [9.17, 15) is 14.9 Å². The van der Waals surface area contributed by atoms with Crippen molar-refractivity contribution in [3.8, 4) is 17.0 Å². The van der Waals surface area contributed by atoms with Crippen LogP contribution in [0, 0.1) is 10.1 Å². The Morgan fingerprint density at radius 3 is 2.80 bits per heavy atom. The summed E-state index contributed by atoms with van der Waals surface area (Å²) in [6.45, 7) is 0.183. The average Bonchev–Trinajstić information content (AvgIpc) is 3.09. The number of aromatic carboxylic acids is 1. The summed E-state index contributed by atoms with van der Waals surface area (Å²) in [6, 6.07) is 12.5. The summed E-state index contributed by atoms with van der Waals surface area (Å²) in [7, 11) is 0. The number of rotatable bonds is 6. The molecule has 126 valence electrons. The fourth-order valence-corrected chi connectivity index (χ4v) is 2.87. The molecule has 3 aromatic rings. The van der Waals surface area contributed by atoms with Gasteiger partial charge in [-0.1, -0.05) is 18.2 Å². The van der Waals surface area contributed by atoms with Gasteiger partial charge in [0.25, 0.3) is 5.69 Å². The molecule has 2 aromatic carbocycles. The molecule has 0 saturated carbocycles. The Morgan fingerprint density at radius 1 is 1.24 bits per heavy atom. The summed E-state index contributed by atoms with van der Waals surface area (Å²) >= 11 is 1.37. The van der Waals surface area contributed by atoms with E-state index in [-0.39, 0.29) is 17.9 Å². The van der Waals surface area contributed by atoms with Gasteiger partial charge in [0.15, 0.2) is 0 Å². The number of hydrogen-bond acceptors (Lipinski definition) is 6. The first kappa shape index (κ1) is 16.6. The molecule has 1 aromatic heterocycles. The molecule has 1 heterocycles. The maximum absolute atomic E-state index is 10.9. The second-order valence-electron chi connectivity index (χ2n) is 5.06. The first-order valence-corrected chi connectivity index (χ1v) is 8.06. The van der Waals surface area contributed by atoms with Gasteiger partial charge >= 0.3 is 5.97 Å². The summed E-state index contributed by atoms with van der Waals surface area (Å²) in [5, 5.41) is 22.3. The maximum Gasteiger partial charge on any atom is 0.335 e. The second kappa shape index (κ2) is 7.10. The van der Waals surface area contributed by atoms with Crippen LogP contribution in [-0.2, 0) is 6.61 Å². The number of carboxylic acid groups (broad SMARTS) is 1. The number of carbonyl (C=O) groups is 1. The molecule has 0 spiro atoms. The number of nitro groups is 1. The van der Waals surface area contributed by atoms with Crippen LogP contribution in [0.2, 0.25) is 0 Å². The second-order valence-corrected chi connectivity index (χ2v) is 6.00. The topological polar surface area (TPSA) is 103 Å². The van der Waals surface area contributed by atoms with Gasteiger partial charge in [-0.25, -0.2) is 9.78 Å². The quantitative estimate of drug-likeness (QED) is 0.529. The minimum Gasteiger partial charge on any atom is -0.486 e. The first-order valence-electron chi connectivity index (χ1n) is 7.18. The molecule has 0 saturated heterocycles. The largest absolute Gasteiger partial charge is 0.486 e. The molecule has 0 aliphatic heterocycles. The van der Waals surface area contributed by atoms with Crippen LogP contribution < -0.4 is 4.74 Å². The van der Waals surface area contributed by atoms with Gasteiger partial charge in [-0.05, 0) is 18.2 Å². The lowest BCUT2D eigenvalue weighted by Gasteiger charge is -2.04. The van der Waals surface area contributed by atoms with E-state index in [1.165, 1.54) is 35.6 Å². The predicted octanol–water partition coefficient (Wildman–Crippen LogP) is 4.00. The van der Waals surface area contributed by atoms with Crippen molar-refractivity contribution in [1.29, 1.82) is 0 Å². The Balaban J connectivity index is 1.72. The summed E-state index contributed by atoms with van der Waals surface area (Å²) < 4.78 is 5.57. The lowest BCUT2D eigenvalue weighted by molar-refractivity contribution is -0.384. The highest BCUT2D eigenvalue weighted by Crippen LogP contribution is 2.26. The molecular formula is C17H12N2O5S. The van der Waals surface area contributed by atoms with Crippen molar-refractivity contribution >= 4 is 23.0 Å². The Kier molecular flexibility index (Phi) is 4.71. The van der Waals surface area contributed by atoms with Crippen molar-refractivity contribution in [3.05, 3.63) is 74.6 Å². The van der Waals surface area contributed by atoms with Crippen LogP contribution >= 0.6 is 11.3 Å². The van der Waals surface area contributed by atoms with Crippen molar-refractivity contribution in [3.63, 3.8) is 0 Å². The first-order chi connectivity index (χ1) is 12.0. The van der Waals surface area contributed by atoms with Crippen LogP contribution in [0.3, 0.4) is 0 Å². The zero-order valence-corrected chi connectivity index (χ0v) is 13.6. The Bertz CT molecular complexity index is 938. The van der Waals surface area contributed by atoms with E-state index in [2.05, 4.69) is 4.98 Å². The third-order valence-electron chi connectivity index (χ3n) is 3.35. The number of aromatic nitrogens is 1. The molecule has 0 aliphatic rings. The molecule has 0 bridgehead atoms. The van der Waals surface area contributed by atoms with Crippen LogP contribution in [-0.4, -0.2) is 21.0 Å². The number of nitro benzene ring substituents is 1. The predicted molar refractivity (Wildman–Crippen MR) is 91.9 cm³/mol. The number of nitrogens with zero attached hydrogens (tertiary/aromatic N) is 2. The van der Waals surface area contributed by atoms with Gasteiger partial charge in [0.1, 0.15) is 17.4 Å². The standard InChI is InChI=1S/C17H12N2O5S/c20-17(21)12-4-2-6-14(8-12)24-9-16-18-15(10-25-16)11-3-1-5-13(7-11)19(22)23/h1-8,10H,9H2,(H,20,21). The normalized spacial score (nSPS) is 10.4. The minimum absolute atomic E-state index is 0.00813. The van der Waals surface area contributed by atoms with Gasteiger partial charge in [0.05, 0.1) is 16.2 Å². The van der Waals surface area contributed by atoms with E-state index < -0.39 is 10.9 Å². The van der Waals surface area contributed by atoms with Crippen molar-refractivity contribution in [2.75, 3.05) is 0 Å². The molecule has 0 aliphatic carbocycles.